The first-order chi connectivity index (χ1) is 9.20. The Morgan fingerprint density at radius 3 is 2.47 bits per heavy atom. The highest BCUT2D eigenvalue weighted by Gasteiger charge is 2.11. The smallest absolute Gasteiger partial charge is 0.336 e. The molecular formula is C16H14O3. The minimum Gasteiger partial charge on any atom is -0.497 e. The van der Waals surface area contributed by atoms with Crippen molar-refractivity contribution >= 4 is 17.6 Å². The van der Waals surface area contributed by atoms with E-state index < -0.39 is 5.97 Å². The molecule has 0 saturated carbocycles. The second-order valence-electron chi connectivity index (χ2n) is 4.01. The van der Waals surface area contributed by atoms with Crippen LogP contribution in [0.15, 0.2) is 54.6 Å². The van der Waals surface area contributed by atoms with Crippen LogP contribution in [0.1, 0.15) is 11.1 Å². The van der Waals surface area contributed by atoms with E-state index >= 15 is 0 Å². The zero-order valence-corrected chi connectivity index (χ0v) is 10.5. The second kappa shape index (κ2) is 5.87. The highest BCUT2D eigenvalue weighted by atomic mass is 16.5. The monoisotopic (exact) mass is 254 g/mol. The van der Waals surface area contributed by atoms with Gasteiger partial charge in [-0.1, -0.05) is 42.5 Å². The lowest BCUT2D eigenvalue weighted by Crippen LogP contribution is -2.00. The largest absolute Gasteiger partial charge is 0.497 e. The fraction of sp³-hybridized carbons (Fsp3) is 0.0625. The first-order valence-electron chi connectivity index (χ1n) is 5.85. The lowest BCUT2D eigenvalue weighted by Gasteiger charge is -2.05. The molecule has 2 rings (SSSR count). The molecule has 0 amide bonds. The third-order valence-corrected chi connectivity index (χ3v) is 2.72. The zero-order chi connectivity index (χ0) is 13.7. The van der Waals surface area contributed by atoms with E-state index in [9.17, 15) is 9.90 Å². The van der Waals surface area contributed by atoms with Gasteiger partial charge in [0.15, 0.2) is 0 Å². The predicted molar refractivity (Wildman–Crippen MR) is 74.9 cm³/mol. The Labute approximate surface area is 111 Å². The summed E-state index contributed by atoms with van der Waals surface area (Å²) in [7, 11) is 1.56. The summed E-state index contributed by atoms with van der Waals surface area (Å²) in [5.41, 5.74) is 1.71. The average Bonchev–Trinajstić information content (AvgIpc) is 2.45. The zero-order valence-electron chi connectivity index (χ0n) is 10.5. The Balaban J connectivity index is 2.46. The van der Waals surface area contributed by atoms with Gasteiger partial charge in [0, 0.05) is 0 Å². The van der Waals surface area contributed by atoms with Crippen LogP contribution in [-0.2, 0) is 4.79 Å². The van der Waals surface area contributed by atoms with Crippen molar-refractivity contribution in [3.63, 3.8) is 0 Å². The van der Waals surface area contributed by atoms with Gasteiger partial charge in [-0.2, -0.15) is 0 Å². The summed E-state index contributed by atoms with van der Waals surface area (Å²) in [6, 6.07) is 16.4. The third-order valence-electron chi connectivity index (χ3n) is 2.72. The molecule has 0 bridgehead atoms. The van der Waals surface area contributed by atoms with Gasteiger partial charge in [-0.3, -0.25) is 0 Å². The van der Waals surface area contributed by atoms with Crippen LogP contribution in [0, 0.1) is 0 Å². The van der Waals surface area contributed by atoms with E-state index in [0.717, 1.165) is 5.56 Å². The average molecular weight is 254 g/mol. The van der Waals surface area contributed by atoms with Crippen molar-refractivity contribution in [1.82, 2.24) is 0 Å². The van der Waals surface area contributed by atoms with E-state index in [0.29, 0.717) is 11.3 Å². The molecule has 0 aromatic heterocycles. The van der Waals surface area contributed by atoms with Gasteiger partial charge >= 0.3 is 5.97 Å². The summed E-state index contributed by atoms with van der Waals surface area (Å²) >= 11 is 0. The van der Waals surface area contributed by atoms with Gasteiger partial charge in [-0.05, 0) is 29.3 Å². The molecule has 96 valence electrons. The van der Waals surface area contributed by atoms with Crippen molar-refractivity contribution in [2.24, 2.45) is 0 Å². The summed E-state index contributed by atoms with van der Waals surface area (Å²) in [5.74, 6) is -0.324. The Morgan fingerprint density at radius 1 is 1.11 bits per heavy atom. The molecule has 3 heteroatoms. The molecule has 0 atom stereocenters. The van der Waals surface area contributed by atoms with Crippen molar-refractivity contribution in [3.8, 4) is 5.75 Å². The van der Waals surface area contributed by atoms with Crippen LogP contribution in [-0.4, -0.2) is 18.2 Å². The maximum Gasteiger partial charge on any atom is 0.336 e. The predicted octanol–water partition coefficient (Wildman–Crippen LogP) is 3.32. The van der Waals surface area contributed by atoms with E-state index in [4.69, 9.17) is 4.74 Å². The van der Waals surface area contributed by atoms with Crippen LogP contribution in [0.5, 0.6) is 5.75 Å². The molecule has 0 saturated heterocycles. The van der Waals surface area contributed by atoms with Crippen LogP contribution in [0.3, 0.4) is 0 Å². The number of methoxy groups -OCH3 is 1. The molecule has 0 aliphatic carbocycles. The number of carboxylic acid groups (broad SMARTS) is 1. The molecule has 0 unspecified atom stereocenters. The number of aliphatic carboxylic acids is 1. The molecule has 2 aromatic rings. The lowest BCUT2D eigenvalue weighted by molar-refractivity contribution is -0.130. The highest BCUT2D eigenvalue weighted by Crippen LogP contribution is 2.22. The van der Waals surface area contributed by atoms with Crippen LogP contribution in [0.25, 0.3) is 11.6 Å². The van der Waals surface area contributed by atoms with Crippen LogP contribution >= 0.6 is 0 Å². The third kappa shape index (κ3) is 3.22. The van der Waals surface area contributed by atoms with Crippen LogP contribution in [0.2, 0.25) is 0 Å². The highest BCUT2D eigenvalue weighted by molar-refractivity contribution is 6.20. The molecule has 1 N–H and O–H groups in total. The number of benzene rings is 2. The molecule has 2 aromatic carbocycles. The summed E-state index contributed by atoms with van der Waals surface area (Å²) < 4.78 is 5.11. The van der Waals surface area contributed by atoms with E-state index in [1.807, 2.05) is 30.3 Å². The molecule has 0 aliphatic heterocycles. The van der Waals surface area contributed by atoms with Gasteiger partial charge in [0.1, 0.15) is 5.75 Å². The number of hydrogen-bond donors (Lipinski definition) is 1. The Bertz CT molecular complexity index is 600. The Morgan fingerprint density at radius 2 is 1.84 bits per heavy atom. The molecule has 0 heterocycles. The fourth-order valence-electron chi connectivity index (χ4n) is 1.78. The van der Waals surface area contributed by atoms with E-state index in [1.54, 1.807) is 37.5 Å². The summed E-state index contributed by atoms with van der Waals surface area (Å²) in [5, 5.41) is 9.34. The standard InChI is InChI=1S/C16H14O3/c1-19-14-9-5-8-13(11-14)15(16(17)18)10-12-6-3-2-4-7-12/h2-11H,1H3,(H,17,18)/b15-10+. The van der Waals surface area contributed by atoms with Gasteiger partial charge in [0.25, 0.3) is 0 Å². The topological polar surface area (TPSA) is 46.5 Å². The lowest BCUT2D eigenvalue weighted by atomic mass is 10.0. The van der Waals surface area contributed by atoms with Crippen LogP contribution < -0.4 is 4.74 Å². The Hall–Kier alpha value is -2.55. The van der Waals surface area contributed by atoms with E-state index in [-0.39, 0.29) is 5.57 Å². The number of ether oxygens (including phenoxy) is 1. The van der Waals surface area contributed by atoms with Crippen molar-refractivity contribution in [3.05, 3.63) is 65.7 Å². The summed E-state index contributed by atoms with van der Waals surface area (Å²) in [4.78, 5) is 11.4. The number of carbonyl (C=O) groups is 1. The van der Waals surface area contributed by atoms with Crippen LogP contribution in [0.4, 0.5) is 0 Å². The molecule has 3 nitrogen and oxygen atoms in total. The number of rotatable bonds is 4. The maximum atomic E-state index is 11.4. The quantitative estimate of drug-likeness (QED) is 0.672. The molecule has 0 spiro atoms. The van der Waals surface area contributed by atoms with Gasteiger partial charge in [0.2, 0.25) is 0 Å². The molecular weight excluding hydrogens is 240 g/mol. The Kier molecular flexibility index (Phi) is 3.98. The first kappa shape index (κ1) is 12.9. The summed E-state index contributed by atoms with van der Waals surface area (Å²) in [6.45, 7) is 0. The van der Waals surface area contributed by atoms with Crippen molar-refractivity contribution in [2.75, 3.05) is 7.11 Å². The van der Waals surface area contributed by atoms with Crippen molar-refractivity contribution in [1.29, 1.82) is 0 Å². The van der Waals surface area contributed by atoms with Gasteiger partial charge < -0.3 is 9.84 Å². The van der Waals surface area contributed by atoms with Crippen molar-refractivity contribution in [2.45, 2.75) is 0 Å². The molecule has 0 fully saturated rings. The first-order valence-corrected chi connectivity index (χ1v) is 5.85. The normalized spacial score (nSPS) is 11.1. The van der Waals surface area contributed by atoms with Gasteiger partial charge in [-0.15, -0.1) is 0 Å². The van der Waals surface area contributed by atoms with Crippen molar-refractivity contribution < 1.29 is 14.6 Å². The maximum absolute atomic E-state index is 11.4. The van der Waals surface area contributed by atoms with Gasteiger partial charge in [0.05, 0.1) is 12.7 Å². The molecule has 0 radical (unpaired) electrons. The fourth-order valence-corrected chi connectivity index (χ4v) is 1.78. The summed E-state index contributed by atoms with van der Waals surface area (Å²) in [6.07, 6.45) is 1.65. The van der Waals surface area contributed by atoms with E-state index in [2.05, 4.69) is 0 Å². The number of hydrogen-bond acceptors (Lipinski definition) is 2. The SMILES string of the molecule is COc1cccc(/C(=C\c2ccccc2)C(=O)O)c1. The molecule has 19 heavy (non-hydrogen) atoms. The van der Waals surface area contributed by atoms with Gasteiger partial charge in [-0.25, -0.2) is 4.79 Å². The molecule has 0 aliphatic rings. The minimum atomic E-state index is -0.961. The second-order valence-corrected chi connectivity index (χ2v) is 4.01. The van der Waals surface area contributed by atoms with E-state index in [1.165, 1.54) is 0 Å². The minimum absolute atomic E-state index is 0.241. The number of carboxylic acids is 1.